The Morgan fingerprint density at radius 2 is 1.85 bits per heavy atom. The monoisotopic (exact) mass is 387 g/mol. The lowest BCUT2D eigenvalue weighted by Gasteiger charge is -2.37. The minimum absolute atomic E-state index is 0.0374. The van der Waals surface area contributed by atoms with E-state index in [0.29, 0.717) is 13.2 Å². The van der Waals surface area contributed by atoms with Gasteiger partial charge in [-0.15, -0.1) is 11.6 Å². The molecule has 1 fully saturated rings. The summed E-state index contributed by atoms with van der Waals surface area (Å²) in [5.74, 6) is 1.56. The van der Waals surface area contributed by atoms with Crippen LogP contribution in [0.5, 0.6) is 11.5 Å². The number of hydrogen-bond donors (Lipinski definition) is 0. The van der Waals surface area contributed by atoms with Crippen LogP contribution in [0.2, 0.25) is 0 Å². The zero-order chi connectivity index (χ0) is 19.1. The van der Waals surface area contributed by atoms with Gasteiger partial charge in [0.15, 0.2) is 0 Å². The summed E-state index contributed by atoms with van der Waals surface area (Å²) >= 11 is 6.58. The highest BCUT2D eigenvalue weighted by Crippen LogP contribution is 2.25. The maximum absolute atomic E-state index is 11.8. The highest BCUT2D eigenvalue weighted by molar-refractivity contribution is 6.21. The Labute approximate surface area is 166 Å². The molecule has 2 aromatic carbocycles. The van der Waals surface area contributed by atoms with Crippen LogP contribution in [0.3, 0.4) is 0 Å². The van der Waals surface area contributed by atoms with Crippen molar-refractivity contribution < 1.29 is 14.3 Å². The smallest absolute Gasteiger partial charge is 0.219 e. The second kappa shape index (κ2) is 9.65. The van der Waals surface area contributed by atoms with Crippen LogP contribution in [0.25, 0.3) is 0 Å². The van der Waals surface area contributed by atoms with Crippen LogP contribution >= 0.6 is 11.6 Å². The van der Waals surface area contributed by atoms with Gasteiger partial charge in [-0.25, -0.2) is 0 Å². The van der Waals surface area contributed by atoms with E-state index >= 15 is 0 Å². The summed E-state index contributed by atoms with van der Waals surface area (Å²) in [6.45, 7) is 3.26. The van der Waals surface area contributed by atoms with E-state index < -0.39 is 0 Å². The van der Waals surface area contributed by atoms with E-state index in [2.05, 4.69) is 0 Å². The van der Waals surface area contributed by atoms with Crippen molar-refractivity contribution in [2.75, 3.05) is 13.2 Å². The number of hydrogen-bond acceptors (Lipinski definition) is 3. The molecule has 2 atom stereocenters. The zero-order valence-corrected chi connectivity index (χ0v) is 16.4. The van der Waals surface area contributed by atoms with Gasteiger partial charge in [-0.3, -0.25) is 4.79 Å². The summed E-state index contributed by atoms with van der Waals surface area (Å²) < 4.78 is 11.7. The summed E-state index contributed by atoms with van der Waals surface area (Å²) in [7, 11) is 0. The number of alkyl halides is 1. The first-order valence-corrected chi connectivity index (χ1v) is 9.88. The Hall–Kier alpha value is -2.20. The molecule has 144 valence electrons. The van der Waals surface area contributed by atoms with E-state index in [4.69, 9.17) is 21.1 Å². The first-order valence-electron chi connectivity index (χ1n) is 9.44. The standard InChI is InChI=1S/C22H26ClNO3/c1-17(25)24-13-6-5-12-22(24)21(23)16-27-20-11-7-10-19(14-20)26-15-18-8-3-2-4-9-18/h2-4,7-11,14,21-22H,5-6,12-13,15-16H2,1H3/t21-,22+/m1/s1. The molecule has 0 saturated carbocycles. The van der Waals surface area contributed by atoms with Gasteiger partial charge in [-0.2, -0.15) is 0 Å². The topological polar surface area (TPSA) is 38.8 Å². The van der Waals surface area contributed by atoms with E-state index in [1.165, 1.54) is 0 Å². The van der Waals surface area contributed by atoms with Crippen LogP contribution in [0.15, 0.2) is 54.6 Å². The van der Waals surface area contributed by atoms with Gasteiger partial charge >= 0.3 is 0 Å². The molecule has 0 N–H and O–H groups in total. The fourth-order valence-corrected chi connectivity index (χ4v) is 3.73. The fourth-order valence-electron chi connectivity index (χ4n) is 3.41. The second-order valence-corrected chi connectivity index (χ2v) is 7.41. The predicted octanol–water partition coefficient (Wildman–Crippen LogP) is 4.65. The summed E-state index contributed by atoms with van der Waals surface area (Å²) in [5, 5.41) is -0.233. The van der Waals surface area contributed by atoms with Gasteiger partial charge in [-0.1, -0.05) is 36.4 Å². The minimum atomic E-state index is -0.233. The van der Waals surface area contributed by atoms with Crippen LogP contribution in [-0.4, -0.2) is 35.4 Å². The molecule has 0 bridgehead atoms. The first-order chi connectivity index (χ1) is 13.1. The van der Waals surface area contributed by atoms with Gasteiger partial charge in [0.1, 0.15) is 24.7 Å². The van der Waals surface area contributed by atoms with E-state index in [0.717, 1.165) is 42.9 Å². The second-order valence-electron chi connectivity index (χ2n) is 6.85. The van der Waals surface area contributed by atoms with Crippen LogP contribution in [0.1, 0.15) is 31.7 Å². The molecule has 4 nitrogen and oxygen atoms in total. The summed E-state index contributed by atoms with van der Waals surface area (Å²) in [5.41, 5.74) is 1.12. The molecule has 5 heteroatoms. The van der Waals surface area contributed by atoms with Gasteiger partial charge in [0.2, 0.25) is 5.91 Å². The van der Waals surface area contributed by atoms with Gasteiger partial charge < -0.3 is 14.4 Å². The Morgan fingerprint density at radius 1 is 1.11 bits per heavy atom. The molecule has 1 heterocycles. The molecule has 3 rings (SSSR count). The molecule has 2 aromatic rings. The molecular formula is C22H26ClNO3. The largest absolute Gasteiger partial charge is 0.492 e. The van der Waals surface area contributed by atoms with Crippen LogP contribution in [0.4, 0.5) is 0 Å². The lowest BCUT2D eigenvalue weighted by Crippen LogP contribution is -2.48. The highest BCUT2D eigenvalue weighted by atomic mass is 35.5. The highest BCUT2D eigenvalue weighted by Gasteiger charge is 2.30. The van der Waals surface area contributed by atoms with E-state index in [9.17, 15) is 4.79 Å². The van der Waals surface area contributed by atoms with E-state index in [-0.39, 0.29) is 17.3 Å². The summed E-state index contributed by atoms with van der Waals surface area (Å²) in [4.78, 5) is 13.7. The lowest BCUT2D eigenvalue weighted by atomic mass is 9.99. The summed E-state index contributed by atoms with van der Waals surface area (Å²) in [6, 6.07) is 17.7. The van der Waals surface area contributed by atoms with Crippen molar-refractivity contribution in [3.8, 4) is 11.5 Å². The number of carbonyl (C=O) groups is 1. The van der Waals surface area contributed by atoms with Crippen molar-refractivity contribution in [2.45, 2.75) is 44.2 Å². The quantitative estimate of drug-likeness (QED) is 0.649. The number of rotatable bonds is 7. The zero-order valence-electron chi connectivity index (χ0n) is 15.6. The molecule has 1 amide bonds. The van der Waals surface area contributed by atoms with Gasteiger partial charge in [-0.05, 0) is 37.0 Å². The number of likely N-dealkylation sites (tertiary alicyclic amines) is 1. The molecular weight excluding hydrogens is 362 g/mol. The SMILES string of the molecule is CC(=O)N1CCCC[C@H]1[C@H](Cl)COc1cccc(OCc2ccccc2)c1. The van der Waals surface area contributed by atoms with Crippen molar-refractivity contribution >= 4 is 17.5 Å². The Kier molecular flexibility index (Phi) is 6.99. The number of ether oxygens (including phenoxy) is 2. The predicted molar refractivity (Wildman–Crippen MR) is 107 cm³/mol. The third-order valence-electron chi connectivity index (χ3n) is 4.83. The maximum Gasteiger partial charge on any atom is 0.219 e. The molecule has 27 heavy (non-hydrogen) atoms. The number of carbonyl (C=O) groups excluding carboxylic acids is 1. The molecule has 1 aliphatic rings. The number of piperidine rings is 1. The van der Waals surface area contributed by atoms with Crippen LogP contribution < -0.4 is 9.47 Å². The number of halogens is 1. The number of nitrogens with zero attached hydrogens (tertiary/aromatic N) is 1. The van der Waals surface area contributed by atoms with E-state index in [1.807, 2.05) is 59.5 Å². The van der Waals surface area contributed by atoms with Gasteiger partial charge in [0.05, 0.1) is 11.4 Å². The molecule has 0 spiro atoms. The third kappa shape index (κ3) is 5.64. The van der Waals surface area contributed by atoms with Crippen molar-refractivity contribution in [3.05, 3.63) is 60.2 Å². The number of amides is 1. The Bertz CT molecular complexity index is 737. The average molecular weight is 388 g/mol. The maximum atomic E-state index is 11.8. The molecule has 0 aliphatic carbocycles. The lowest BCUT2D eigenvalue weighted by molar-refractivity contribution is -0.132. The Balaban J connectivity index is 1.53. The molecule has 0 aromatic heterocycles. The summed E-state index contributed by atoms with van der Waals surface area (Å²) in [6.07, 6.45) is 3.07. The van der Waals surface area contributed by atoms with Gasteiger partial charge in [0, 0.05) is 19.5 Å². The van der Waals surface area contributed by atoms with Crippen molar-refractivity contribution in [2.24, 2.45) is 0 Å². The normalized spacial score (nSPS) is 18.0. The number of benzene rings is 2. The molecule has 1 aliphatic heterocycles. The molecule has 1 saturated heterocycles. The van der Waals surface area contributed by atoms with Crippen molar-refractivity contribution in [1.82, 2.24) is 4.90 Å². The fraction of sp³-hybridized carbons (Fsp3) is 0.409. The van der Waals surface area contributed by atoms with Crippen LogP contribution in [-0.2, 0) is 11.4 Å². The van der Waals surface area contributed by atoms with Crippen molar-refractivity contribution in [3.63, 3.8) is 0 Å². The third-order valence-corrected chi connectivity index (χ3v) is 5.25. The van der Waals surface area contributed by atoms with Gasteiger partial charge in [0.25, 0.3) is 0 Å². The van der Waals surface area contributed by atoms with E-state index in [1.54, 1.807) is 6.92 Å². The Morgan fingerprint density at radius 3 is 2.59 bits per heavy atom. The average Bonchev–Trinajstić information content (AvgIpc) is 2.71. The van der Waals surface area contributed by atoms with Crippen LogP contribution in [0, 0.1) is 0 Å². The molecule has 0 unspecified atom stereocenters. The first kappa shape index (κ1) is 19.6. The van der Waals surface area contributed by atoms with Crippen molar-refractivity contribution in [1.29, 1.82) is 0 Å². The molecule has 0 radical (unpaired) electrons. The minimum Gasteiger partial charge on any atom is -0.492 e.